The lowest BCUT2D eigenvalue weighted by Gasteiger charge is -2.31. The van der Waals surface area contributed by atoms with E-state index in [-0.39, 0.29) is 30.1 Å². The molecule has 3 rings (SSSR count). The van der Waals surface area contributed by atoms with Crippen LogP contribution in [0.3, 0.4) is 0 Å². The Morgan fingerprint density at radius 2 is 2.00 bits per heavy atom. The van der Waals surface area contributed by atoms with Crippen molar-refractivity contribution in [3.8, 4) is 0 Å². The number of guanidine groups is 1. The maximum absolute atomic E-state index is 6.14. The molecule has 1 aromatic carbocycles. The molecule has 164 valence electrons. The highest BCUT2D eigenvalue weighted by atomic mass is 127. The number of hydrogen-bond donors (Lipinski definition) is 2. The van der Waals surface area contributed by atoms with Crippen molar-refractivity contribution in [1.82, 2.24) is 15.5 Å². The van der Waals surface area contributed by atoms with E-state index < -0.39 is 0 Å². The third kappa shape index (κ3) is 6.82. The third-order valence-electron chi connectivity index (χ3n) is 6.09. The van der Waals surface area contributed by atoms with E-state index in [1.54, 1.807) is 0 Å². The number of nitrogens with zero attached hydrogens (tertiary/aromatic N) is 2. The molecule has 6 heteroatoms. The summed E-state index contributed by atoms with van der Waals surface area (Å²) in [7, 11) is 0. The first-order chi connectivity index (χ1) is 13.6. The minimum absolute atomic E-state index is 0. The molecule has 2 aliphatic rings. The quantitative estimate of drug-likeness (QED) is 0.342. The molecule has 1 aromatic rings. The predicted octanol–water partition coefficient (Wildman–Crippen LogP) is 4.06. The number of benzene rings is 1. The Balaban J connectivity index is 0.00000300. The van der Waals surface area contributed by atoms with Gasteiger partial charge >= 0.3 is 0 Å². The summed E-state index contributed by atoms with van der Waals surface area (Å²) in [5.74, 6) is 2.00. The maximum Gasteiger partial charge on any atom is 0.191 e. The van der Waals surface area contributed by atoms with E-state index >= 15 is 0 Å². The van der Waals surface area contributed by atoms with Crippen LogP contribution < -0.4 is 10.6 Å². The zero-order valence-corrected chi connectivity index (χ0v) is 20.8. The number of ether oxygens (including phenoxy) is 1. The van der Waals surface area contributed by atoms with Crippen LogP contribution in [0.2, 0.25) is 0 Å². The van der Waals surface area contributed by atoms with Crippen molar-refractivity contribution in [2.24, 2.45) is 16.8 Å². The molecular weight excluding hydrogens is 475 g/mol. The molecule has 0 radical (unpaired) electrons. The summed E-state index contributed by atoms with van der Waals surface area (Å²) in [5.41, 5.74) is 1.28. The molecule has 0 aliphatic carbocycles. The molecule has 4 atom stereocenters. The van der Waals surface area contributed by atoms with Gasteiger partial charge in [-0.1, -0.05) is 37.3 Å². The van der Waals surface area contributed by atoms with Crippen LogP contribution in [0.4, 0.5) is 0 Å². The van der Waals surface area contributed by atoms with Crippen LogP contribution in [0.1, 0.15) is 52.2 Å². The monoisotopic (exact) mass is 514 g/mol. The summed E-state index contributed by atoms with van der Waals surface area (Å²) in [6, 6.07) is 11.7. The molecule has 2 aliphatic heterocycles. The summed E-state index contributed by atoms with van der Waals surface area (Å²) < 4.78 is 6.14. The number of aliphatic imine (C=N–C) groups is 1. The van der Waals surface area contributed by atoms with Crippen molar-refractivity contribution >= 4 is 29.9 Å². The smallest absolute Gasteiger partial charge is 0.191 e. The van der Waals surface area contributed by atoms with Gasteiger partial charge in [0.2, 0.25) is 0 Å². The zero-order valence-electron chi connectivity index (χ0n) is 18.4. The second-order valence-corrected chi connectivity index (χ2v) is 8.60. The Morgan fingerprint density at radius 3 is 2.66 bits per heavy atom. The van der Waals surface area contributed by atoms with E-state index in [0.717, 1.165) is 45.2 Å². The van der Waals surface area contributed by atoms with Crippen LogP contribution in [0.15, 0.2) is 35.3 Å². The predicted molar refractivity (Wildman–Crippen MR) is 132 cm³/mol. The third-order valence-corrected chi connectivity index (χ3v) is 6.09. The van der Waals surface area contributed by atoms with Crippen LogP contribution in [0.5, 0.6) is 0 Å². The standard InChI is InChI=1S/C23H38N4O.HI/c1-5-24-23(26-21-16-27(17(2)3)15-18(21)4)25-14-20-12-9-13-28-22(20)19-10-7-6-8-11-19;/h6-8,10-11,17-18,20-22H,5,9,12-16H2,1-4H3,(H2,24,25,26);1H. The number of rotatable bonds is 6. The van der Waals surface area contributed by atoms with Gasteiger partial charge in [0.1, 0.15) is 0 Å². The van der Waals surface area contributed by atoms with Crippen LogP contribution in [0.25, 0.3) is 0 Å². The first kappa shape index (κ1) is 24.4. The summed E-state index contributed by atoms with van der Waals surface area (Å²) in [5, 5.41) is 7.15. The average Bonchev–Trinajstić information content (AvgIpc) is 3.08. The average molecular weight is 514 g/mol. The maximum atomic E-state index is 6.14. The van der Waals surface area contributed by atoms with Crippen molar-refractivity contribution in [1.29, 1.82) is 0 Å². The Hall–Kier alpha value is -0.860. The molecule has 0 spiro atoms. The normalized spacial score (nSPS) is 28.2. The highest BCUT2D eigenvalue weighted by Gasteiger charge is 2.32. The van der Waals surface area contributed by atoms with Gasteiger partial charge in [0.25, 0.3) is 0 Å². The van der Waals surface area contributed by atoms with E-state index in [1.165, 1.54) is 12.0 Å². The van der Waals surface area contributed by atoms with Crippen LogP contribution in [-0.2, 0) is 4.74 Å². The molecule has 29 heavy (non-hydrogen) atoms. The minimum atomic E-state index is 0. The first-order valence-corrected chi connectivity index (χ1v) is 11.0. The Bertz CT molecular complexity index is 625. The molecule has 4 unspecified atom stereocenters. The van der Waals surface area contributed by atoms with Crippen LogP contribution >= 0.6 is 24.0 Å². The van der Waals surface area contributed by atoms with Gasteiger partial charge in [0.15, 0.2) is 5.96 Å². The van der Waals surface area contributed by atoms with Gasteiger partial charge in [0.05, 0.1) is 6.10 Å². The highest BCUT2D eigenvalue weighted by molar-refractivity contribution is 14.0. The SMILES string of the molecule is CCNC(=NCC1CCCOC1c1ccccc1)NC1CN(C(C)C)CC1C.I. The van der Waals surface area contributed by atoms with Gasteiger partial charge in [-0.3, -0.25) is 9.89 Å². The molecule has 2 saturated heterocycles. The molecule has 2 fully saturated rings. The van der Waals surface area contributed by atoms with Gasteiger partial charge in [-0.2, -0.15) is 0 Å². The number of likely N-dealkylation sites (tertiary alicyclic amines) is 1. The summed E-state index contributed by atoms with van der Waals surface area (Å²) in [6.07, 6.45) is 2.45. The van der Waals surface area contributed by atoms with E-state index in [0.29, 0.717) is 23.9 Å². The van der Waals surface area contributed by atoms with Crippen molar-refractivity contribution in [2.75, 3.05) is 32.8 Å². The minimum Gasteiger partial charge on any atom is -0.373 e. The zero-order chi connectivity index (χ0) is 19.9. The first-order valence-electron chi connectivity index (χ1n) is 11.0. The van der Waals surface area contributed by atoms with Crippen molar-refractivity contribution in [2.45, 2.75) is 58.7 Å². The number of nitrogens with one attached hydrogen (secondary N) is 2. The fraction of sp³-hybridized carbons (Fsp3) is 0.696. The molecule has 0 saturated carbocycles. The van der Waals surface area contributed by atoms with E-state index in [4.69, 9.17) is 9.73 Å². The number of hydrogen-bond acceptors (Lipinski definition) is 3. The fourth-order valence-electron chi connectivity index (χ4n) is 4.36. The van der Waals surface area contributed by atoms with Crippen LogP contribution in [-0.4, -0.2) is 55.7 Å². The molecule has 2 N–H and O–H groups in total. The van der Waals surface area contributed by atoms with Gasteiger partial charge in [-0.25, -0.2) is 0 Å². The fourth-order valence-corrected chi connectivity index (χ4v) is 4.36. The molecule has 0 amide bonds. The van der Waals surface area contributed by atoms with Gasteiger partial charge < -0.3 is 15.4 Å². The molecule has 0 aromatic heterocycles. The molecule has 0 bridgehead atoms. The second kappa shape index (κ2) is 12.1. The summed E-state index contributed by atoms with van der Waals surface area (Å²) >= 11 is 0. The van der Waals surface area contributed by atoms with E-state index in [9.17, 15) is 0 Å². The lowest BCUT2D eigenvalue weighted by molar-refractivity contribution is -0.0250. The Morgan fingerprint density at radius 1 is 1.24 bits per heavy atom. The second-order valence-electron chi connectivity index (χ2n) is 8.60. The summed E-state index contributed by atoms with van der Waals surface area (Å²) in [4.78, 5) is 7.52. The largest absolute Gasteiger partial charge is 0.373 e. The number of halogens is 1. The van der Waals surface area contributed by atoms with Crippen molar-refractivity contribution < 1.29 is 4.74 Å². The van der Waals surface area contributed by atoms with Crippen molar-refractivity contribution in [3.05, 3.63) is 35.9 Å². The van der Waals surface area contributed by atoms with Crippen LogP contribution in [0, 0.1) is 11.8 Å². The highest BCUT2D eigenvalue weighted by Crippen LogP contribution is 2.33. The Labute approximate surface area is 194 Å². The molecular formula is C23H39IN4O. The van der Waals surface area contributed by atoms with E-state index in [2.05, 4.69) is 73.6 Å². The Kier molecular flexibility index (Phi) is 10.2. The van der Waals surface area contributed by atoms with Gasteiger partial charge in [-0.15, -0.1) is 24.0 Å². The van der Waals surface area contributed by atoms with Gasteiger partial charge in [-0.05, 0) is 45.1 Å². The van der Waals surface area contributed by atoms with Crippen molar-refractivity contribution in [3.63, 3.8) is 0 Å². The van der Waals surface area contributed by atoms with Gasteiger partial charge in [0, 0.05) is 50.8 Å². The van der Waals surface area contributed by atoms with E-state index in [1.807, 2.05) is 0 Å². The summed E-state index contributed by atoms with van der Waals surface area (Å²) in [6.45, 7) is 13.8. The topological polar surface area (TPSA) is 48.9 Å². The lowest BCUT2D eigenvalue weighted by atomic mass is 9.89. The molecule has 2 heterocycles. The lowest BCUT2D eigenvalue weighted by Crippen LogP contribution is -2.47. The molecule has 5 nitrogen and oxygen atoms in total.